The van der Waals surface area contributed by atoms with Gasteiger partial charge in [0.15, 0.2) is 0 Å². The summed E-state index contributed by atoms with van der Waals surface area (Å²) in [6.45, 7) is 87.2. The van der Waals surface area contributed by atoms with Crippen LogP contribution in [0.25, 0.3) is 0 Å². The molecule has 0 fully saturated rings. The Kier molecular flexibility index (Phi) is 39.6. The average Bonchev–Trinajstić information content (AvgIpc) is 0.736. The first-order valence-corrected chi connectivity index (χ1v) is 53.3. The van der Waals surface area contributed by atoms with Gasteiger partial charge in [-0.15, -0.1) is 0 Å². The standard InChI is InChI=1S/C34H53O4P.C29H43O4P.C25H35O4P.C23H31O4P.4Na/c1-14-31(6,7)23-18-25-22(5)26-19-24(32(8,9)15-2)21-28(34(12,13)17-4)30(26)38-39(35,36)37-29(25)27(20-23)33(10,11)16-3;1-26(2,3)20-14-18-13-19-15-21(27(4,5)6)17-23(29(10,11)12)25(19)33-34(30,31)32-24(18)22(16-20)28(7,8)9;1-9-24(5,6)20-13-16(3)11-18-15-19-12-17(4)14-21(25(7,8)10-2)23(19)29-30(26,27)28-22(18)20;1-14-9-16-13-17-10-15(2)12-19(23(6,7)8)21(17)27-28(24,25)26-20(16)18(11-14)22(3,4)5;;;;/h18-22H,14-17H2,1-13H3,(H,35,36);14-17H,13H2,1-12H3,(H,30,31);11-14H,9-10,15H2,1-8H3,(H,26,27);9-12H,13H2,1-8H3,(H,24,25);;;;/q;;;;4*+1/p-4. The zero-order valence-electron chi connectivity index (χ0n) is 91.5. The summed E-state index contributed by atoms with van der Waals surface area (Å²) in [5, 5.41) is 0. The van der Waals surface area contributed by atoms with Gasteiger partial charge in [-0.25, -0.2) is 18.3 Å². The maximum absolute atomic E-state index is 13.6. The predicted molar refractivity (Wildman–Crippen MR) is 534 cm³/mol. The Bertz CT molecular complexity index is 5520. The van der Waals surface area contributed by atoms with Gasteiger partial charge in [0.1, 0.15) is 46.0 Å². The van der Waals surface area contributed by atoms with E-state index in [2.05, 4.69) is 305 Å². The molecule has 0 N–H and O–H groups in total. The van der Waals surface area contributed by atoms with E-state index in [0.717, 1.165) is 161 Å². The molecule has 722 valence electrons. The Morgan fingerprint density at radius 2 is 0.407 bits per heavy atom. The van der Waals surface area contributed by atoms with Crippen molar-refractivity contribution in [1.29, 1.82) is 0 Å². The van der Waals surface area contributed by atoms with Crippen molar-refractivity contribution in [3.63, 3.8) is 0 Å². The van der Waals surface area contributed by atoms with Crippen molar-refractivity contribution in [2.24, 2.45) is 0 Å². The number of hydrogen-bond donors (Lipinski definition) is 0. The molecular weight excluding hydrogens is 1810 g/mol. The third-order valence-electron chi connectivity index (χ3n) is 28.3. The molecule has 0 unspecified atom stereocenters. The van der Waals surface area contributed by atoms with Crippen molar-refractivity contribution in [2.45, 2.75) is 413 Å². The molecule has 0 amide bonds. The van der Waals surface area contributed by atoms with Gasteiger partial charge in [0.05, 0.1) is 0 Å². The van der Waals surface area contributed by atoms with E-state index in [9.17, 15) is 37.8 Å². The molecule has 0 spiro atoms. The smallest absolute Gasteiger partial charge is 0.736 e. The van der Waals surface area contributed by atoms with Crippen molar-refractivity contribution < 1.29 is 192 Å². The van der Waals surface area contributed by atoms with Gasteiger partial charge in [0.25, 0.3) is 0 Å². The van der Waals surface area contributed by atoms with E-state index in [1.54, 1.807) is 0 Å². The quantitative estimate of drug-likeness (QED) is 0.0817. The fourth-order valence-corrected chi connectivity index (χ4v) is 20.8. The summed E-state index contributed by atoms with van der Waals surface area (Å²) in [6, 6.07) is 33.3. The van der Waals surface area contributed by atoms with Crippen LogP contribution in [0.5, 0.6) is 46.0 Å². The first kappa shape index (κ1) is 122. The summed E-state index contributed by atoms with van der Waals surface area (Å²) < 4.78 is 98.7. The fourth-order valence-electron chi connectivity index (χ4n) is 17.2. The van der Waals surface area contributed by atoms with Gasteiger partial charge in [-0.05, 0) is 187 Å². The third-order valence-corrected chi connectivity index (χ3v) is 31.5. The number of phosphoric ester groups is 4. The number of fused-ring (bicyclic) bond motifs is 8. The summed E-state index contributed by atoms with van der Waals surface area (Å²) in [4.78, 5) is 52.8. The van der Waals surface area contributed by atoms with Crippen LogP contribution >= 0.6 is 31.3 Å². The fraction of sp³-hybridized carbons (Fsp3) is 0.568. The Labute approximate surface area is 903 Å². The van der Waals surface area contributed by atoms with Crippen LogP contribution in [-0.2, 0) is 103 Å². The molecule has 0 saturated heterocycles. The largest absolute Gasteiger partial charge is 1.00 e. The van der Waals surface area contributed by atoms with Crippen molar-refractivity contribution in [3.05, 3.63) is 231 Å². The molecule has 0 aromatic heterocycles. The molecule has 4 heterocycles. The van der Waals surface area contributed by atoms with E-state index in [-0.39, 0.29) is 189 Å². The second-order valence-electron chi connectivity index (χ2n) is 47.8. The van der Waals surface area contributed by atoms with Crippen LogP contribution in [0.2, 0.25) is 0 Å². The SMILES string of the molecule is CC(C)(C)c1cc2c(c(C(C)(C)C)c1)OP(=O)([O-])Oc1c(cc(C(C)(C)C)cc1C(C)(C)C)C2.CCC(C)(C)c1cc(C)cc2c1OP(=O)([O-])Oc1c(cc(C)cc1C(C)(C)CC)C2.CCC(C)(C)c1cc2c(c(C(C)(C)CC)c1)OP(=O)([O-])Oc1c(cc(C(C)(C)CC)cc1C(C)(C)CC)C2C.Cc1cc2c(c(C(C)(C)C)c1)OP(=O)([O-])Oc1c(cc(C)cc1C(C)(C)C)C2.[Na+].[Na+].[Na+].[Na+]. The maximum Gasteiger partial charge on any atom is 1.00 e. The topological polar surface area (TPSA) is 234 Å². The van der Waals surface area contributed by atoms with Gasteiger partial charge in [0, 0.05) is 80.8 Å². The molecule has 8 aromatic carbocycles. The first-order chi connectivity index (χ1) is 59.3. The Hall–Kier alpha value is -3.08. The zero-order valence-corrected chi connectivity index (χ0v) is 103. The molecule has 8 aromatic rings. The summed E-state index contributed by atoms with van der Waals surface area (Å²) in [6.07, 6.45) is 7.00. The molecule has 0 saturated carbocycles. The Morgan fingerprint density at radius 3 is 0.607 bits per heavy atom. The molecule has 135 heavy (non-hydrogen) atoms. The Balaban J connectivity index is 0.000000317. The van der Waals surface area contributed by atoms with E-state index < -0.39 is 31.3 Å². The number of hydrogen-bond acceptors (Lipinski definition) is 16. The van der Waals surface area contributed by atoms with E-state index in [4.69, 9.17) is 36.2 Å². The zero-order chi connectivity index (χ0) is 99.4. The van der Waals surface area contributed by atoms with Crippen molar-refractivity contribution in [3.8, 4) is 46.0 Å². The van der Waals surface area contributed by atoms with E-state index in [1.165, 1.54) is 11.1 Å². The molecule has 0 atom stereocenters. The summed E-state index contributed by atoms with van der Waals surface area (Å²) in [5.41, 5.74) is 20.9. The van der Waals surface area contributed by atoms with Crippen LogP contribution in [0.1, 0.15) is 434 Å². The molecule has 16 nitrogen and oxygen atoms in total. The molecule has 4 aliphatic rings. The molecule has 0 aliphatic carbocycles. The van der Waals surface area contributed by atoms with Crippen molar-refractivity contribution in [2.75, 3.05) is 0 Å². The van der Waals surface area contributed by atoms with E-state index in [0.29, 0.717) is 65.3 Å². The van der Waals surface area contributed by atoms with Gasteiger partial charge < -0.3 is 55.8 Å². The molecule has 24 heteroatoms. The maximum atomic E-state index is 13.6. The minimum Gasteiger partial charge on any atom is -0.736 e. The van der Waals surface area contributed by atoms with Gasteiger partial charge in [-0.3, -0.25) is 0 Å². The van der Waals surface area contributed by atoms with Crippen LogP contribution in [0, 0.1) is 27.7 Å². The van der Waals surface area contributed by atoms with Gasteiger partial charge in [0.2, 0.25) is 0 Å². The summed E-state index contributed by atoms with van der Waals surface area (Å²) >= 11 is 0. The second kappa shape index (κ2) is 43.7. The van der Waals surface area contributed by atoms with Gasteiger partial charge >= 0.3 is 150 Å². The minimum absolute atomic E-state index is 0. The van der Waals surface area contributed by atoms with Crippen molar-refractivity contribution in [1.82, 2.24) is 0 Å². The van der Waals surface area contributed by atoms with Crippen LogP contribution in [0.15, 0.2) is 97.1 Å². The second-order valence-corrected chi connectivity index (χ2v) is 52.8. The van der Waals surface area contributed by atoms with Crippen LogP contribution in [0.3, 0.4) is 0 Å². The third kappa shape index (κ3) is 28.8. The molecule has 12 rings (SSSR count). The van der Waals surface area contributed by atoms with E-state index in [1.807, 2.05) is 76.2 Å². The number of phosphoric acid groups is 4. The van der Waals surface area contributed by atoms with Crippen molar-refractivity contribution >= 4 is 31.3 Å². The molecule has 0 radical (unpaired) electrons. The average molecular weight is 1960 g/mol. The van der Waals surface area contributed by atoms with Gasteiger partial charge in [-0.1, -0.05) is 375 Å². The summed E-state index contributed by atoms with van der Waals surface area (Å²) in [5.74, 6) is 3.21. The monoisotopic (exact) mass is 1960 g/mol. The first-order valence-electron chi connectivity index (χ1n) is 47.4. The van der Waals surface area contributed by atoms with Crippen LogP contribution < -0.4 is 174 Å². The minimum atomic E-state index is -4.74. The van der Waals surface area contributed by atoms with Crippen LogP contribution in [-0.4, -0.2) is 0 Å². The predicted octanol–water partition coefficient (Wildman–Crippen LogP) is 17.8. The number of benzene rings is 8. The number of aryl methyl sites for hydroxylation is 4. The number of rotatable bonds is 12. The molecule has 0 bridgehead atoms. The normalized spacial score (nSPS) is 16.9. The Morgan fingerprint density at radius 1 is 0.237 bits per heavy atom. The van der Waals surface area contributed by atoms with Gasteiger partial charge in [-0.2, -0.15) is 0 Å². The van der Waals surface area contributed by atoms with E-state index >= 15 is 0 Å². The van der Waals surface area contributed by atoms with Crippen LogP contribution in [0.4, 0.5) is 0 Å². The molecular formula is C111H158Na4O16P4. The molecule has 4 aliphatic heterocycles. The summed E-state index contributed by atoms with van der Waals surface area (Å²) in [7, 11) is -18.6.